The highest BCUT2D eigenvalue weighted by atomic mass is 32.2. The Hall–Kier alpha value is -2.55. The zero-order valence-corrected chi connectivity index (χ0v) is 14.2. The average molecular weight is 381 g/mol. The molecule has 2 heterocycles. The highest BCUT2D eigenvalue weighted by molar-refractivity contribution is 8.01. The molecule has 3 rings (SSSR count). The average Bonchev–Trinajstić information content (AvgIpc) is 2.60. The Bertz CT molecular complexity index is 828. The molecule has 1 aliphatic rings. The minimum Gasteiger partial charge on any atom is -0.352 e. The molecule has 0 aliphatic carbocycles. The van der Waals surface area contributed by atoms with Gasteiger partial charge in [-0.3, -0.25) is 14.6 Å². The van der Waals surface area contributed by atoms with Crippen molar-refractivity contribution in [2.24, 2.45) is 0 Å². The fourth-order valence-corrected chi connectivity index (χ4v) is 3.49. The van der Waals surface area contributed by atoms with Crippen LogP contribution < -0.4 is 10.6 Å². The molecule has 2 N–H and O–H groups in total. The summed E-state index contributed by atoms with van der Waals surface area (Å²) in [7, 11) is 0. The quantitative estimate of drug-likeness (QED) is 0.853. The van der Waals surface area contributed by atoms with Gasteiger partial charge in [-0.1, -0.05) is 0 Å². The molecule has 1 aliphatic heterocycles. The van der Waals surface area contributed by atoms with Crippen LogP contribution in [-0.2, 0) is 22.3 Å². The SMILES string of the molecule is O=C(C[C@H]1Sc2ccc(C(F)(F)F)cc2NC1=O)NCc1ccncc1. The Morgan fingerprint density at radius 2 is 1.96 bits per heavy atom. The van der Waals surface area contributed by atoms with Gasteiger partial charge in [-0.05, 0) is 35.9 Å². The van der Waals surface area contributed by atoms with Gasteiger partial charge in [0.25, 0.3) is 0 Å². The van der Waals surface area contributed by atoms with Gasteiger partial charge in [0.1, 0.15) is 0 Å². The van der Waals surface area contributed by atoms with Crippen LogP contribution in [0.15, 0.2) is 47.6 Å². The molecule has 136 valence electrons. The number of carbonyl (C=O) groups excluding carboxylic acids is 2. The minimum absolute atomic E-state index is 0.0674. The van der Waals surface area contributed by atoms with E-state index in [2.05, 4.69) is 15.6 Å². The first kappa shape index (κ1) is 18.2. The standard InChI is InChI=1S/C17H14F3N3O2S/c18-17(19,20)11-1-2-13-12(7-11)23-16(25)14(26-13)8-15(24)22-9-10-3-5-21-6-4-10/h1-7,14H,8-9H2,(H,22,24)(H,23,25)/t14-/m1/s1. The summed E-state index contributed by atoms with van der Waals surface area (Å²) in [6, 6.07) is 6.70. The number of anilines is 1. The number of halogens is 3. The number of pyridine rings is 1. The summed E-state index contributed by atoms with van der Waals surface area (Å²) < 4.78 is 38.3. The maximum Gasteiger partial charge on any atom is 0.416 e. The normalized spacial score (nSPS) is 16.6. The number of thioether (sulfide) groups is 1. The van der Waals surface area contributed by atoms with Crippen LogP contribution in [0.2, 0.25) is 0 Å². The Labute approximate surface area is 151 Å². The Morgan fingerprint density at radius 3 is 2.65 bits per heavy atom. The Kier molecular flexibility index (Phi) is 5.17. The first-order valence-electron chi connectivity index (χ1n) is 7.67. The van der Waals surface area contributed by atoms with Crippen molar-refractivity contribution in [3.8, 4) is 0 Å². The number of amides is 2. The molecule has 0 radical (unpaired) electrons. The molecule has 26 heavy (non-hydrogen) atoms. The van der Waals surface area contributed by atoms with Crippen LogP contribution in [0.25, 0.3) is 0 Å². The lowest BCUT2D eigenvalue weighted by atomic mass is 10.1. The van der Waals surface area contributed by atoms with Gasteiger partial charge in [0.15, 0.2) is 0 Å². The second kappa shape index (κ2) is 7.36. The van der Waals surface area contributed by atoms with Crippen molar-refractivity contribution in [3.05, 3.63) is 53.9 Å². The summed E-state index contributed by atoms with van der Waals surface area (Å²) in [6.07, 6.45) is -1.33. The lowest BCUT2D eigenvalue weighted by Gasteiger charge is -2.24. The van der Waals surface area contributed by atoms with Crippen LogP contribution in [0.5, 0.6) is 0 Å². The molecule has 0 saturated carbocycles. The maximum atomic E-state index is 12.8. The molecule has 0 saturated heterocycles. The molecule has 2 amide bonds. The summed E-state index contributed by atoms with van der Waals surface area (Å²) in [5.41, 5.74) is 0.160. The smallest absolute Gasteiger partial charge is 0.352 e. The second-order valence-electron chi connectivity index (χ2n) is 5.64. The summed E-state index contributed by atoms with van der Waals surface area (Å²) in [5, 5.41) is 4.47. The lowest BCUT2D eigenvalue weighted by Crippen LogP contribution is -2.34. The van der Waals surface area contributed by atoms with E-state index in [4.69, 9.17) is 0 Å². The maximum absolute atomic E-state index is 12.8. The number of hydrogen-bond acceptors (Lipinski definition) is 4. The highest BCUT2D eigenvalue weighted by Crippen LogP contribution is 2.40. The number of nitrogens with zero attached hydrogens (tertiary/aromatic N) is 1. The largest absolute Gasteiger partial charge is 0.416 e. The van der Waals surface area contributed by atoms with Gasteiger partial charge in [-0.15, -0.1) is 11.8 Å². The number of nitrogens with one attached hydrogen (secondary N) is 2. The van der Waals surface area contributed by atoms with Crippen molar-refractivity contribution in [1.29, 1.82) is 0 Å². The summed E-state index contributed by atoms with van der Waals surface area (Å²) in [5.74, 6) is -0.800. The number of hydrogen-bond donors (Lipinski definition) is 2. The third-order valence-corrected chi connectivity index (χ3v) is 5.01. The third-order valence-electron chi connectivity index (χ3n) is 3.74. The molecule has 1 aromatic carbocycles. The van der Waals surface area contributed by atoms with Crippen molar-refractivity contribution in [2.45, 2.75) is 29.3 Å². The molecule has 2 aromatic rings. The van der Waals surface area contributed by atoms with Crippen molar-refractivity contribution >= 4 is 29.3 Å². The van der Waals surface area contributed by atoms with Gasteiger partial charge in [-0.25, -0.2) is 0 Å². The lowest BCUT2D eigenvalue weighted by molar-refractivity contribution is -0.137. The topological polar surface area (TPSA) is 71.1 Å². The number of rotatable bonds is 4. The van der Waals surface area contributed by atoms with E-state index >= 15 is 0 Å². The fraction of sp³-hybridized carbons (Fsp3) is 0.235. The van der Waals surface area contributed by atoms with E-state index in [0.29, 0.717) is 11.4 Å². The van der Waals surface area contributed by atoms with Crippen LogP contribution >= 0.6 is 11.8 Å². The molecule has 0 spiro atoms. The van der Waals surface area contributed by atoms with Gasteiger partial charge in [0, 0.05) is 30.3 Å². The molecular weight excluding hydrogens is 367 g/mol. The molecule has 0 bridgehead atoms. The van der Waals surface area contributed by atoms with E-state index in [0.717, 1.165) is 29.5 Å². The monoisotopic (exact) mass is 381 g/mol. The number of carbonyl (C=O) groups is 2. The van der Waals surface area contributed by atoms with Crippen LogP contribution in [0.1, 0.15) is 17.5 Å². The van der Waals surface area contributed by atoms with E-state index in [1.165, 1.54) is 6.07 Å². The number of fused-ring (bicyclic) bond motifs is 1. The van der Waals surface area contributed by atoms with E-state index in [1.54, 1.807) is 24.5 Å². The number of benzene rings is 1. The van der Waals surface area contributed by atoms with Crippen LogP contribution in [0.3, 0.4) is 0 Å². The summed E-state index contributed by atoms with van der Waals surface area (Å²) in [6.45, 7) is 0.311. The molecule has 9 heteroatoms. The van der Waals surface area contributed by atoms with Gasteiger partial charge < -0.3 is 10.6 Å². The van der Waals surface area contributed by atoms with Crippen molar-refractivity contribution in [3.63, 3.8) is 0 Å². The number of alkyl halides is 3. The van der Waals surface area contributed by atoms with Crippen molar-refractivity contribution in [2.75, 3.05) is 5.32 Å². The van der Waals surface area contributed by atoms with Crippen molar-refractivity contribution < 1.29 is 22.8 Å². The zero-order chi connectivity index (χ0) is 18.7. The van der Waals surface area contributed by atoms with Gasteiger partial charge in [-0.2, -0.15) is 13.2 Å². The predicted octanol–water partition coefficient (Wildman–Crippen LogP) is 3.22. The Balaban J connectivity index is 1.62. The molecule has 0 fully saturated rings. The zero-order valence-electron chi connectivity index (χ0n) is 13.3. The summed E-state index contributed by atoms with van der Waals surface area (Å²) in [4.78, 5) is 28.6. The summed E-state index contributed by atoms with van der Waals surface area (Å²) >= 11 is 1.08. The first-order valence-corrected chi connectivity index (χ1v) is 8.55. The van der Waals surface area contributed by atoms with E-state index in [-0.39, 0.29) is 18.0 Å². The second-order valence-corrected chi connectivity index (χ2v) is 6.89. The molecular formula is C17H14F3N3O2S. The molecule has 5 nitrogen and oxygen atoms in total. The number of aromatic nitrogens is 1. The third kappa shape index (κ3) is 4.34. The van der Waals surface area contributed by atoms with Crippen LogP contribution in [-0.4, -0.2) is 22.0 Å². The first-order chi connectivity index (χ1) is 12.3. The van der Waals surface area contributed by atoms with E-state index in [1.807, 2.05) is 0 Å². The van der Waals surface area contributed by atoms with Gasteiger partial charge >= 0.3 is 6.18 Å². The molecule has 0 unspecified atom stereocenters. The minimum atomic E-state index is -4.48. The Morgan fingerprint density at radius 1 is 1.23 bits per heavy atom. The van der Waals surface area contributed by atoms with E-state index < -0.39 is 22.9 Å². The van der Waals surface area contributed by atoms with Crippen LogP contribution in [0.4, 0.5) is 18.9 Å². The molecule has 1 aromatic heterocycles. The van der Waals surface area contributed by atoms with Gasteiger partial charge in [0.2, 0.25) is 11.8 Å². The fourth-order valence-electron chi connectivity index (χ4n) is 2.40. The molecule has 1 atom stereocenters. The van der Waals surface area contributed by atoms with E-state index in [9.17, 15) is 22.8 Å². The van der Waals surface area contributed by atoms with Crippen LogP contribution in [0, 0.1) is 0 Å². The van der Waals surface area contributed by atoms with Gasteiger partial charge in [0.05, 0.1) is 16.5 Å². The predicted molar refractivity (Wildman–Crippen MR) is 90.4 cm³/mol. The van der Waals surface area contributed by atoms with Crippen molar-refractivity contribution in [1.82, 2.24) is 10.3 Å². The highest BCUT2D eigenvalue weighted by Gasteiger charge is 2.34.